The molecule has 0 atom stereocenters. The van der Waals surface area contributed by atoms with Crippen molar-refractivity contribution >= 4 is 28.8 Å². The minimum Gasteiger partial charge on any atom is -0.351 e. The monoisotopic (exact) mass is 409 g/mol. The molecular weight excluding hydrogens is 395 g/mol. The number of hydrogen-bond acceptors (Lipinski definition) is 5. The molecule has 0 aliphatic heterocycles. The number of anilines is 1. The molecule has 0 aliphatic carbocycles. The molecule has 7 nitrogen and oxygen atoms in total. The zero-order valence-corrected chi connectivity index (χ0v) is 15.0. The Hall–Kier alpha value is -3.21. The van der Waals surface area contributed by atoms with E-state index in [1.54, 1.807) is 17.5 Å². The molecule has 3 aromatic rings. The number of alkyl halides is 3. The molecule has 3 rings (SSSR count). The molecule has 0 saturated carbocycles. The molecule has 0 saturated heterocycles. The second-order valence-corrected chi connectivity index (χ2v) is 6.55. The SMILES string of the molecule is O=C(CCNC(=O)c1cccs1)Nc1cc(C(F)(F)F)ccc1-n1cncn1. The second-order valence-electron chi connectivity index (χ2n) is 5.60. The van der Waals surface area contributed by atoms with Crippen molar-refractivity contribution in [1.29, 1.82) is 0 Å². The molecule has 146 valence electrons. The van der Waals surface area contributed by atoms with Gasteiger partial charge >= 0.3 is 6.18 Å². The zero-order valence-electron chi connectivity index (χ0n) is 14.2. The van der Waals surface area contributed by atoms with Crippen molar-refractivity contribution in [1.82, 2.24) is 20.1 Å². The molecule has 2 amide bonds. The number of carbonyl (C=O) groups excluding carboxylic acids is 2. The van der Waals surface area contributed by atoms with Crippen molar-refractivity contribution in [3.63, 3.8) is 0 Å². The first-order valence-corrected chi connectivity index (χ1v) is 8.90. The Morgan fingerprint density at radius 2 is 2.04 bits per heavy atom. The molecule has 1 aromatic carbocycles. The van der Waals surface area contributed by atoms with Crippen molar-refractivity contribution in [3.8, 4) is 5.69 Å². The van der Waals surface area contributed by atoms with Crippen LogP contribution in [0.4, 0.5) is 18.9 Å². The summed E-state index contributed by atoms with van der Waals surface area (Å²) in [5.41, 5.74) is -0.728. The highest BCUT2D eigenvalue weighted by Gasteiger charge is 2.31. The van der Waals surface area contributed by atoms with E-state index >= 15 is 0 Å². The van der Waals surface area contributed by atoms with Gasteiger partial charge in [0.2, 0.25) is 5.91 Å². The van der Waals surface area contributed by atoms with Crippen molar-refractivity contribution in [2.75, 3.05) is 11.9 Å². The van der Waals surface area contributed by atoms with Gasteiger partial charge in [-0.3, -0.25) is 9.59 Å². The third-order valence-corrected chi connectivity index (χ3v) is 4.51. The maximum atomic E-state index is 13.0. The summed E-state index contributed by atoms with van der Waals surface area (Å²) >= 11 is 1.26. The molecule has 2 aromatic heterocycles. The van der Waals surface area contributed by atoms with Gasteiger partial charge in [-0.25, -0.2) is 9.67 Å². The third-order valence-electron chi connectivity index (χ3n) is 3.65. The van der Waals surface area contributed by atoms with Gasteiger partial charge in [0.1, 0.15) is 12.7 Å². The predicted molar refractivity (Wildman–Crippen MR) is 96.3 cm³/mol. The summed E-state index contributed by atoms with van der Waals surface area (Å²) in [5, 5.41) is 10.7. The van der Waals surface area contributed by atoms with E-state index in [4.69, 9.17) is 0 Å². The lowest BCUT2D eigenvalue weighted by Crippen LogP contribution is -2.27. The Labute approximate surface area is 161 Å². The molecule has 0 unspecified atom stereocenters. The average Bonchev–Trinajstić information content (AvgIpc) is 3.35. The first-order valence-electron chi connectivity index (χ1n) is 8.02. The van der Waals surface area contributed by atoms with Crippen LogP contribution in [0, 0.1) is 0 Å². The first-order chi connectivity index (χ1) is 13.3. The smallest absolute Gasteiger partial charge is 0.351 e. The number of carbonyl (C=O) groups is 2. The maximum absolute atomic E-state index is 13.0. The highest BCUT2D eigenvalue weighted by molar-refractivity contribution is 7.12. The van der Waals surface area contributed by atoms with Crippen LogP contribution in [0.3, 0.4) is 0 Å². The summed E-state index contributed by atoms with van der Waals surface area (Å²) in [6.07, 6.45) is -2.14. The van der Waals surface area contributed by atoms with Gasteiger partial charge in [-0.2, -0.15) is 18.3 Å². The van der Waals surface area contributed by atoms with E-state index in [1.165, 1.54) is 34.7 Å². The van der Waals surface area contributed by atoms with Gasteiger partial charge in [-0.15, -0.1) is 11.3 Å². The van der Waals surface area contributed by atoms with Crippen LogP contribution in [0.1, 0.15) is 21.7 Å². The molecule has 0 bridgehead atoms. The van der Waals surface area contributed by atoms with E-state index in [0.717, 1.165) is 12.1 Å². The molecule has 0 radical (unpaired) electrons. The summed E-state index contributed by atoms with van der Waals surface area (Å²) < 4.78 is 40.3. The fraction of sp³-hybridized carbons (Fsp3) is 0.176. The Balaban J connectivity index is 1.69. The van der Waals surface area contributed by atoms with Crippen molar-refractivity contribution in [2.45, 2.75) is 12.6 Å². The number of aromatic nitrogens is 3. The van der Waals surface area contributed by atoms with Gasteiger partial charge < -0.3 is 10.6 Å². The van der Waals surface area contributed by atoms with Gasteiger partial charge in [0, 0.05) is 13.0 Å². The minimum atomic E-state index is -4.56. The lowest BCUT2D eigenvalue weighted by Gasteiger charge is -2.14. The number of nitrogens with one attached hydrogen (secondary N) is 2. The Morgan fingerprint density at radius 1 is 1.21 bits per heavy atom. The van der Waals surface area contributed by atoms with Crippen LogP contribution in [0.2, 0.25) is 0 Å². The van der Waals surface area contributed by atoms with E-state index in [1.807, 2.05) is 0 Å². The van der Waals surface area contributed by atoms with Crippen LogP contribution in [0.15, 0.2) is 48.4 Å². The molecule has 11 heteroatoms. The Morgan fingerprint density at radius 3 is 2.68 bits per heavy atom. The van der Waals surface area contributed by atoms with E-state index in [9.17, 15) is 22.8 Å². The van der Waals surface area contributed by atoms with Crippen LogP contribution in [-0.2, 0) is 11.0 Å². The van der Waals surface area contributed by atoms with E-state index in [2.05, 4.69) is 20.7 Å². The number of thiophene rings is 1. The van der Waals surface area contributed by atoms with Gasteiger partial charge in [0.05, 0.1) is 21.8 Å². The topological polar surface area (TPSA) is 88.9 Å². The standard InChI is InChI=1S/C17H14F3N5O2S/c18-17(19,20)11-3-4-13(25-10-21-9-23-25)12(8-11)24-15(26)5-6-22-16(27)14-2-1-7-28-14/h1-4,7-10H,5-6H2,(H,22,27)(H,24,26). The minimum absolute atomic E-state index is 0.0419. The summed E-state index contributed by atoms with van der Waals surface area (Å²) in [7, 11) is 0. The predicted octanol–water partition coefficient (Wildman–Crippen LogP) is 3.11. The number of nitrogens with zero attached hydrogens (tertiary/aromatic N) is 3. The summed E-state index contributed by atoms with van der Waals surface area (Å²) in [6, 6.07) is 6.30. The van der Waals surface area contributed by atoms with Crippen LogP contribution in [0.5, 0.6) is 0 Å². The molecule has 28 heavy (non-hydrogen) atoms. The lowest BCUT2D eigenvalue weighted by atomic mass is 10.1. The molecule has 2 N–H and O–H groups in total. The zero-order chi connectivity index (χ0) is 20.1. The maximum Gasteiger partial charge on any atom is 0.416 e. The number of hydrogen-bond donors (Lipinski definition) is 2. The second kappa shape index (κ2) is 8.21. The molecular formula is C17H14F3N5O2S. The normalized spacial score (nSPS) is 11.2. The number of amides is 2. The highest BCUT2D eigenvalue weighted by Crippen LogP contribution is 2.33. The molecule has 0 spiro atoms. The Bertz CT molecular complexity index is 956. The quantitative estimate of drug-likeness (QED) is 0.655. The van der Waals surface area contributed by atoms with Gasteiger partial charge in [0.25, 0.3) is 5.91 Å². The van der Waals surface area contributed by atoms with E-state index in [0.29, 0.717) is 4.88 Å². The summed E-state index contributed by atoms with van der Waals surface area (Å²) in [5.74, 6) is -0.864. The number of rotatable bonds is 6. The van der Waals surface area contributed by atoms with Gasteiger partial charge in [0.15, 0.2) is 0 Å². The fourth-order valence-corrected chi connectivity index (χ4v) is 2.98. The average molecular weight is 409 g/mol. The lowest BCUT2D eigenvalue weighted by molar-refractivity contribution is -0.137. The van der Waals surface area contributed by atoms with Crippen molar-refractivity contribution in [3.05, 3.63) is 58.8 Å². The Kier molecular flexibility index (Phi) is 5.73. The van der Waals surface area contributed by atoms with Crippen LogP contribution in [-0.4, -0.2) is 33.1 Å². The first kappa shape index (κ1) is 19.5. The van der Waals surface area contributed by atoms with Crippen LogP contribution < -0.4 is 10.6 Å². The summed E-state index contributed by atoms with van der Waals surface area (Å²) in [4.78, 5) is 28.3. The van der Waals surface area contributed by atoms with Crippen LogP contribution >= 0.6 is 11.3 Å². The number of halogens is 3. The van der Waals surface area contributed by atoms with Gasteiger partial charge in [-0.1, -0.05) is 6.07 Å². The van der Waals surface area contributed by atoms with Crippen molar-refractivity contribution in [2.24, 2.45) is 0 Å². The molecule has 0 aliphatic rings. The van der Waals surface area contributed by atoms with E-state index < -0.39 is 17.6 Å². The molecule has 0 fully saturated rings. The summed E-state index contributed by atoms with van der Waals surface area (Å²) in [6.45, 7) is 0.0419. The van der Waals surface area contributed by atoms with Crippen LogP contribution in [0.25, 0.3) is 5.69 Å². The van der Waals surface area contributed by atoms with Crippen molar-refractivity contribution < 1.29 is 22.8 Å². The fourth-order valence-electron chi connectivity index (χ4n) is 2.34. The number of benzene rings is 1. The largest absolute Gasteiger partial charge is 0.416 e. The highest BCUT2D eigenvalue weighted by atomic mass is 32.1. The van der Waals surface area contributed by atoms with E-state index in [-0.39, 0.29) is 30.2 Å². The van der Waals surface area contributed by atoms with Gasteiger partial charge in [-0.05, 0) is 29.6 Å². The molecule has 2 heterocycles. The third kappa shape index (κ3) is 4.74.